The third kappa shape index (κ3) is 3.43. The molecule has 0 bridgehead atoms. The lowest BCUT2D eigenvalue weighted by Crippen LogP contribution is -2.36. The van der Waals surface area contributed by atoms with Crippen molar-refractivity contribution in [1.82, 2.24) is 14.2 Å². The molecule has 4 aromatic rings. The second kappa shape index (κ2) is 7.68. The molecule has 0 aliphatic carbocycles. The van der Waals surface area contributed by atoms with Crippen LogP contribution >= 0.6 is 11.3 Å². The fraction of sp³-hybridized carbons (Fsp3) is 0.190. The van der Waals surface area contributed by atoms with Gasteiger partial charge in [0, 0.05) is 22.8 Å². The smallest absolute Gasteiger partial charge is 0.350 e. The van der Waals surface area contributed by atoms with Gasteiger partial charge in [0.15, 0.2) is 17.1 Å². The minimum absolute atomic E-state index is 0.166. The average molecular weight is 422 g/mol. The highest BCUT2D eigenvalue weighted by Gasteiger charge is 2.22. The number of rotatable bonds is 5. The molecule has 0 saturated heterocycles. The van der Waals surface area contributed by atoms with Crippen molar-refractivity contribution in [2.45, 2.75) is 13.1 Å². The maximum Gasteiger partial charge on any atom is 0.350 e. The van der Waals surface area contributed by atoms with E-state index in [-0.39, 0.29) is 18.1 Å². The van der Waals surface area contributed by atoms with Crippen molar-refractivity contribution in [2.75, 3.05) is 18.1 Å². The molecule has 0 atom stereocenters. The van der Waals surface area contributed by atoms with Crippen LogP contribution in [0.15, 0.2) is 64.9 Å². The molecule has 0 saturated carbocycles. The van der Waals surface area contributed by atoms with Crippen molar-refractivity contribution in [1.29, 1.82) is 0 Å². The van der Waals surface area contributed by atoms with Crippen molar-refractivity contribution in [3.05, 3.63) is 75.5 Å². The van der Waals surface area contributed by atoms with E-state index in [9.17, 15) is 9.59 Å². The Morgan fingerprint density at radius 2 is 1.97 bits per heavy atom. The number of fused-ring (bicyclic) bond motifs is 2. The number of amides is 1. The Hall–Kier alpha value is -3.59. The molecule has 0 unspecified atom stereocenters. The van der Waals surface area contributed by atoms with E-state index >= 15 is 0 Å². The van der Waals surface area contributed by atoms with Crippen LogP contribution in [0.4, 0.5) is 5.69 Å². The molecule has 0 radical (unpaired) electrons. The van der Waals surface area contributed by atoms with Crippen LogP contribution in [0.1, 0.15) is 4.88 Å². The van der Waals surface area contributed by atoms with Crippen LogP contribution in [0.3, 0.4) is 0 Å². The number of aromatic nitrogens is 3. The number of pyridine rings is 1. The van der Waals surface area contributed by atoms with Gasteiger partial charge in [0.05, 0.1) is 6.54 Å². The van der Waals surface area contributed by atoms with Gasteiger partial charge in [-0.05, 0) is 35.7 Å². The van der Waals surface area contributed by atoms with E-state index in [2.05, 4.69) is 5.10 Å². The number of carbonyl (C=O) groups is 1. The van der Waals surface area contributed by atoms with Gasteiger partial charge >= 0.3 is 5.69 Å². The summed E-state index contributed by atoms with van der Waals surface area (Å²) in [5, 5.41) is 6.24. The maximum absolute atomic E-state index is 13.3. The Bertz CT molecular complexity index is 1260. The fourth-order valence-electron chi connectivity index (χ4n) is 3.37. The van der Waals surface area contributed by atoms with Crippen LogP contribution in [-0.4, -0.2) is 33.3 Å². The second-order valence-electron chi connectivity index (χ2n) is 6.76. The third-order valence-electron chi connectivity index (χ3n) is 4.81. The van der Waals surface area contributed by atoms with E-state index in [0.717, 1.165) is 4.88 Å². The molecule has 8 nitrogen and oxygen atoms in total. The summed E-state index contributed by atoms with van der Waals surface area (Å²) in [4.78, 5) is 28.5. The third-order valence-corrected chi connectivity index (χ3v) is 5.67. The number of nitrogens with zero attached hydrogens (tertiary/aromatic N) is 4. The molecule has 9 heteroatoms. The van der Waals surface area contributed by atoms with E-state index in [0.29, 0.717) is 42.6 Å². The lowest BCUT2D eigenvalue weighted by molar-refractivity contribution is -0.119. The first-order valence-electron chi connectivity index (χ1n) is 9.46. The number of carbonyl (C=O) groups excluding carboxylic acids is 1. The quantitative estimate of drug-likeness (QED) is 0.494. The van der Waals surface area contributed by atoms with Crippen LogP contribution in [0.25, 0.3) is 5.65 Å². The summed E-state index contributed by atoms with van der Waals surface area (Å²) in [6.07, 6.45) is 1.63. The van der Waals surface area contributed by atoms with Gasteiger partial charge in [0.1, 0.15) is 19.8 Å². The molecule has 30 heavy (non-hydrogen) atoms. The summed E-state index contributed by atoms with van der Waals surface area (Å²) in [7, 11) is 0. The first-order valence-corrected chi connectivity index (χ1v) is 10.3. The Labute approximate surface area is 175 Å². The number of thiophene rings is 1. The topological polar surface area (TPSA) is 78.1 Å². The highest BCUT2D eigenvalue weighted by Crippen LogP contribution is 2.34. The van der Waals surface area contributed by atoms with Gasteiger partial charge in [-0.1, -0.05) is 12.1 Å². The fourth-order valence-corrected chi connectivity index (χ4v) is 4.06. The molecule has 1 aliphatic rings. The minimum Gasteiger partial charge on any atom is -0.486 e. The van der Waals surface area contributed by atoms with Crippen molar-refractivity contribution in [3.8, 4) is 11.5 Å². The molecular formula is C21H18N4O4S. The Balaban J connectivity index is 1.48. The molecule has 0 N–H and O–H groups in total. The standard InChI is InChI=1S/C21H18N4O4S/c26-20(14-25-21(27)23-8-2-1-5-19(23)22-25)24(13-16-4-3-11-30-16)15-6-7-17-18(12-15)29-10-9-28-17/h1-8,11-12H,9-10,13-14H2. The Kier molecular flexibility index (Phi) is 4.72. The first-order chi connectivity index (χ1) is 14.7. The molecule has 5 rings (SSSR count). The molecule has 4 heterocycles. The highest BCUT2D eigenvalue weighted by molar-refractivity contribution is 7.09. The molecule has 0 spiro atoms. The van der Waals surface area contributed by atoms with Gasteiger partial charge in [-0.15, -0.1) is 16.4 Å². The summed E-state index contributed by atoms with van der Waals surface area (Å²) in [5.74, 6) is 1.02. The van der Waals surface area contributed by atoms with Crippen LogP contribution in [0, 0.1) is 0 Å². The summed E-state index contributed by atoms with van der Waals surface area (Å²) < 4.78 is 13.9. The average Bonchev–Trinajstić information content (AvgIpc) is 3.40. The zero-order valence-electron chi connectivity index (χ0n) is 15.9. The molecule has 1 amide bonds. The monoisotopic (exact) mass is 422 g/mol. The highest BCUT2D eigenvalue weighted by atomic mass is 32.1. The Morgan fingerprint density at radius 1 is 1.10 bits per heavy atom. The number of hydrogen-bond donors (Lipinski definition) is 0. The van der Waals surface area contributed by atoms with Crippen LogP contribution < -0.4 is 20.1 Å². The number of anilines is 1. The lowest BCUT2D eigenvalue weighted by atomic mass is 10.2. The van der Waals surface area contributed by atoms with Crippen LogP contribution in [0.5, 0.6) is 11.5 Å². The van der Waals surface area contributed by atoms with Crippen molar-refractivity contribution in [3.63, 3.8) is 0 Å². The zero-order valence-corrected chi connectivity index (χ0v) is 16.7. The predicted molar refractivity (Wildman–Crippen MR) is 112 cm³/mol. The van der Waals surface area contributed by atoms with E-state index in [1.807, 2.05) is 23.6 Å². The van der Waals surface area contributed by atoms with Crippen molar-refractivity contribution < 1.29 is 14.3 Å². The summed E-state index contributed by atoms with van der Waals surface area (Å²) in [6.45, 7) is 1.19. The van der Waals surface area contributed by atoms with Gasteiger partial charge in [-0.25, -0.2) is 9.48 Å². The van der Waals surface area contributed by atoms with E-state index in [4.69, 9.17) is 9.47 Å². The predicted octanol–water partition coefficient (Wildman–Crippen LogP) is 2.56. The molecule has 1 aromatic carbocycles. The molecular weight excluding hydrogens is 404 g/mol. The van der Waals surface area contributed by atoms with Gasteiger partial charge in [0.2, 0.25) is 5.91 Å². The van der Waals surface area contributed by atoms with Gasteiger partial charge < -0.3 is 14.4 Å². The van der Waals surface area contributed by atoms with E-state index in [1.165, 1.54) is 9.08 Å². The van der Waals surface area contributed by atoms with Gasteiger partial charge in [0.25, 0.3) is 0 Å². The van der Waals surface area contributed by atoms with E-state index < -0.39 is 0 Å². The summed E-state index contributed by atoms with van der Waals surface area (Å²) in [5.41, 5.74) is 0.825. The molecule has 152 valence electrons. The summed E-state index contributed by atoms with van der Waals surface area (Å²) in [6, 6.07) is 14.6. The van der Waals surface area contributed by atoms with Gasteiger partial charge in [-0.2, -0.15) is 0 Å². The second-order valence-corrected chi connectivity index (χ2v) is 7.79. The molecule has 0 fully saturated rings. The van der Waals surface area contributed by atoms with Crippen LogP contribution in [0.2, 0.25) is 0 Å². The first kappa shape index (κ1) is 18.4. The van der Waals surface area contributed by atoms with E-state index in [1.54, 1.807) is 52.8 Å². The number of benzene rings is 1. The minimum atomic E-state index is -0.350. The number of ether oxygens (including phenoxy) is 2. The largest absolute Gasteiger partial charge is 0.486 e. The number of hydrogen-bond acceptors (Lipinski definition) is 6. The maximum atomic E-state index is 13.3. The normalized spacial score (nSPS) is 12.8. The van der Waals surface area contributed by atoms with Crippen LogP contribution in [-0.2, 0) is 17.9 Å². The lowest BCUT2D eigenvalue weighted by Gasteiger charge is -2.25. The van der Waals surface area contributed by atoms with Crippen molar-refractivity contribution >= 4 is 28.6 Å². The SMILES string of the molecule is O=C(Cn1nc2ccccn2c1=O)N(Cc1cccs1)c1ccc2c(c1)OCCO2. The van der Waals surface area contributed by atoms with Crippen molar-refractivity contribution in [2.24, 2.45) is 0 Å². The molecule has 1 aliphatic heterocycles. The zero-order chi connectivity index (χ0) is 20.5. The molecule has 3 aromatic heterocycles. The Morgan fingerprint density at radius 3 is 2.77 bits per heavy atom. The summed E-state index contributed by atoms with van der Waals surface area (Å²) >= 11 is 1.57. The van der Waals surface area contributed by atoms with Gasteiger partial charge in [-0.3, -0.25) is 9.20 Å².